The lowest BCUT2D eigenvalue weighted by Gasteiger charge is -2.15. The molecule has 2 aromatic carbocycles. The average molecular weight is 376 g/mol. The summed E-state index contributed by atoms with van der Waals surface area (Å²) in [4.78, 5) is 15.0. The minimum absolute atomic E-state index is 0.498. The van der Waals surface area contributed by atoms with Gasteiger partial charge in [0.05, 0.1) is 0 Å². The highest BCUT2D eigenvalue weighted by Gasteiger charge is 2.15. The van der Waals surface area contributed by atoms with Gasteiger partial charge in [-0.25, -0.2) is 4.79 Å². The summed E-state index contributed by atoms with van der Waals surface area (Å²) in [5.74, 6) is 0.200. The maximum atomic E-state index is 10.9. The summed E-state index contributed by atoms with van der Waals surface area (Å²) in [6.07, 6.45) is 2.56. The van der Waals surface area contributed by atoms with Gasteiger partial charge in [-0.15, -0.1) is 0 Å². The molecule has 28 heavy (non-hydrogen) atoms. The second-order valence-electron chi connectivity index (χ2n) is 6.95. The van der Waals surface area contributed by atoms with E-state index in [9.17, 15) is 4.79 Å². The van der Waals surface area contributed by atoms with E-state index in [1.165, 1.54) is 6.08 Å². The zero-order chi connectivity index (χ0) is 20.3. The largest absolute Gasteiger partial charge is 0.478 e. The molecule has 1 aromatic heterocycles. The fraction of sp³-hybridized carbons (Fsp3) is 0.174. The van der Waals surface area contributed by atoms with Crippen LogP contribution in [0.4, 0.5) is 11.4 Å². The lowest BCUT2D eigenvalue weighted by molar-refractivity contribution is -0.131. The van der Waals surface area contributed by atoms with Gasteiger partial charge in [-0.05, 0) is 42.0 Å². The van der Waals surface area contributed by atoms with Crippen LogP contribution in [0.1, 0.15) is 5.76 Å². The Morgan fingerprint density at radius 1 is 0.893 bits per heavy atom. The van der Waals surface area contributed by atoms with E-state index in [1.54, 1.807) is 0 Å². The number of anilines is 2. The predicted octanol–water partition coefficient (Wildman–Crippen LogP) is 4.84. The van der Waals surface area contributed by atoms with Crippen molar-refractivity contribution in [2.45, 2.75) is 0 Å². The van der Waals surface area contributed by atoms with Crippen molar-refractivity contribution in [3.05, 3.63) is 66.4 Å². The molecule has 0 aliphatic carbocycles. The third-order valence-electron chi connectivity index (χ3n) is 4.44. The van der Waals surface area contributed by atoms with E-state index < -0.39 is 5.97 Å². The van der Waals surface area contributed by atoms with E-state index >= 15 is 0 Å². The summed E-state index contributed by atoms with van der Waals surface area (Å²) < 4.78 is 6.06. The van der Waals surface area contributed by atoms with Gasteiger partial charge >= 0.3 is 5.97 Å². The van der Waals surface area contributed by atoms with Crippen molar-refractivity contribution in [3.8, 4) is 22.5 Å². The molecule has 0 unspecified atom stereocenters. The number of hydrogen-bond acceptors (Lipinski definition) is 4. The Bertz CT molecular complexity index is 947. The molecule has 0 aliphatic heterocycles. The first-order valence-electron chi connectivity index (χ1n) is 8.95. The molecule has 5 nitrogen and oxygen atoms in total. The van der Waals surface area contributed by atoms with Crippen molar-refractivity contribution in [1.29, 1.82) is 0 Å². The fourth-order valence-corrected chi connectivity index (χ4v) is 2.95. The molecule has 0 amide bonds. The quantitative estimate of drug-likeness (QED) is 0.624. The molecule has 1 N–H and O–H groups in total. The smallest absolute Gasteiger partial charge is 0.328 e. The van der Waals surface area contributed by atoms with Crippen LogP contribution in [0, 0.1) is 0 Å². The molecule has 1 heterocycles. The molecule has 0 atom stereocenters. The van der Waals surface area contributed by atoms with Crippen LogP contribution in [-0.2, 0) is 4.79 Å². The molecule has 0 bridgehead atoms. The van der Waals surface area contributed by atoms with Gasteiger partial charge < -0.3 is 19.3 Å². The summed E-state index contributed by atoms with van der Waals surface area (Å²) in [6, 6.07) is 18.1. The van der Waals surface area contributed by atoms with E-state index in [1.807, 2.05) is 80.5 Å². The number of nitrogens with zero attached hydrogens (tertiary/aromatic N) is 2. The van der Waals surface area contributed by atoms with Gasteiger partial charge in [-0.3, -0.25) is 0 Å². The molecule has 0 fully saturated rings. The van der Waals surface area contributed by atoms with Crippen molar-refractivity contribution in [2.24, 2.45) is 0 Å². The zero-order valence-corrected chi connectivity index (χ0v) is 16.5. The minimum atomic E-state index is -1.01. The lowest BCUT2D eigenvalue weighted by atomic mass is 10.0. The van der Waals surface area contributed by atoms with Crippen molar-refractivity contribution >= 4 is 23.4 Å². The maximum absolute atomic E-state index is 10.9. The van der Waals surface area contributed by atoms with Gasteiger partial charge in [-0.1, -0.05) is 24.3 Å². The molecule has 3 aromatic rings. The van der Waals surface area contributed by atoms with Crippen molar-refractivity contribution < 1.29 is 14.3 Å². The van der Waals surface area contributed by atoms with Gasteiger partial charge in [0, 0.05) is 56.8 Å². The number of carboxylic acid groups (broad SMARTS) is 1. The Kier molecular flexibility index (Phi) is 5.54. The molecular formula is C23H24N2O3. The Balaban J connectivity index is 2.16. The number of carboxylic acids is 1. The van der Waals surface area contributed by atoms with Crippen molar-refractivity contribution in [1.82, 2.24) is 0 Å². The number of rotatable bonds is 6. The fourth-order valence-electron chi connectivity index (χ4n) is 2.95. The molecule has 0 spiro atoms. The third kappa shape index (κ3) is 4.26. The second-order valence-corrected chi connectivity index (χ2v) is 6.95. The Hall–Kier alpha value is -3.47. The van der Waals surface area contributed by atoms with Crippen LogP contribution in [0.25, 0.3) is 28.5 Å². The molecule has 3 rings (SSSR count). The average Bonchev–Trinajstić information content (AvgIpc) is 3.11. The second kappa shape index (κ2) is 8.05. The predicted molar refractivity (Wildman–Crippen MR) is 115 cm³/mol. The normalized spacial score (nSPS) is 11.0. The lowest BCUT2D eigenvalue weighted by Crippen LogP contribution is -2.08. The maximum Gasteiger partial charge on any atom is 0.328 e. The van der Waals surface area contributed by atoms with Crippen LogP contribution in [0.2, 0.25) is 0 Å². The number of hydrogen-bond donors (Lipinski definition) is 1. The number of furan rings is 1. The molecule has 144 valence electrons. The van der Waals surface area contributed by atoms with Crippen LogP contribution >= 0.6 is 0 Å². The van der Waals surface area contributed by atoms with E-state index in [0.717, 1.165) is 34.1 Å². The highest BCUT2D eigenvalue weighted by Crippen LogP contribution is 2.37. The highest BCUT2D eigenvalue weighted by atomic mass is 16.4. The van der Waals surface area contributed by atoms with Crippen LogP contribution in [0.15, 0.2) is 65.1 Å². The van der Waals surface area contributed by atoms with Gasteiger partial charge in [0.25, 0.3) is 0 Å². The summed E-state index contributed by atoms with van der Waals surface area (Å²) in [7, 11) is 7.97. The van der Waals surface area contributed by atoms with Gasteiger partial charge in [-0.2, -0.15) is 0 Å². The number of benzene rings is 2. The first kappa shape index (κ1) is 19.3. The van der Waals surface area contributed by atoms with Crippen molar-refractivity contribution in [2.75, 3.05) is 38.0 Å². The SMILES string of the molecule is CN(C)c1cccc(-c2cc(/C=C/C(=O)O)oc2-c2cccc(N(C)C)c2)c1. The van der Waals surface area contributed by atoms with Gasteiger partial charge in [0.2, 0.25) is 0 Å². The first-order chi connectivity index (χ1) is 13.3. The Morgan fingerprint density at radius 3 is 2.04 bits per heavy atom. The third-order valence-corrected chi connectivity index (χ3v) is 4.44. The molecular weight excluding hydrogens is 352 g/mol. The van der Waals surface area contributed by atoms with E-state index in [-0.39, 0.29) is 0 Å². The number of aliphatic carboxylic acids is 1. The summed E-state index contributed by atoms with van der Waals surface area (Å²) in [5, 5.41) is 8.94. The van der Waals surface area contributed by atoms with Crippen molar-refractivity contribution in [3.63, 3.8) is 0 Å². The molecule has 0 aliphatic rings. The molecule has 0 radical (unpaired) electrons. The Labute approximate surface area is 165 Å². The highest BCUT2D eigenvalue weighted by molar-refractivity contribution is 5.87. The van der Waals surface area contributed by atoms with Crippen LogP contribution in [-0.4, -0.2) is 39.3 Å². The van der Waals surface area contributed by atoms with Crippen LogP contribution < -0.4 is 9.80 Å². The summed E-state index contributed by atoms with van der Waals surface area (Å²) >= 11 is 0. The molecule has 0 saturated heterocycles. The van der Waals surface area contributed by atoms with E-state index in [2.05, 4.69) is 12.1 Å². The monoisotopic (exact) mass is 376 g/mol. The number of carbonyl (C=O) groups is 1. The topological polar surface area (TPSA) is 56.9 Å². The zero-order valence-electron chi connectivity index (χ0n) is 16.5. The standard InChI is InChI=1S/C23H24N2O3/c1-24(2)18-9-5-7-16(13-18)21-15-20(11-12-22(26)27)28-23(21)17-8-6-10-19(14-17)25(3)4/h5-15H,1-4H3,(H,26,27)/b12-11+. The van der Waals surface area contributed by atoms with E-state index in [0.29, 0.717) is 11.5 Å². The van der Waals surface area contributed by atoms with Gasteiger partial charge in [0.15, 0.2) is 0 Å². The summed E-state index contributed by atoms with van der Waals surface area (Å²) in [6.45, 7) is 0. The van der Waals surface area contributed by atoms with Crippen LogP contribution in [0.3, 0.4) is 0 Å². The van der Waals surface area contributed by atoms with E-state index in [4.69, 9.17) is 9.52 Å². The molecule has 5 heteroatoms. The Morgan fingerprint density at radius 2 is 1.46 bits per heavy atom. The van der Waals surface area contributed by atoms with Gasteiger partial charge in [0.1, 0.15) is 11.5 Å². The molecule has 0 saturated carbocycles. The first-order valence-corrected chi connectivity index (χ1v) is 8.95. The summed E-state index contributed by atoms with van der Waals surface area (Å²) in [5.41, 5.74) is 5.00. The van der Waals surface area contributed by atoms with Crippen LogP contribution in [0.5, 0.6) is 0 Å². The minimum Gasteiger partial charge on any atom is -0.478 e.